The van der Waals surface area contributed by atoms with Gasteiger partial charge in [-0.25, -0.2) is 4.98 Å². The van der Waals surface area contributed by atoms with Gasteiger partial charge in [0, 0.05) is 18.6 Å². The molecule has 0 amide bonds. The van der Waals surface area contributed by atoms with Crippen molar-refractivity contribution in [3.05, 3.63) is 18.0 Å². The van der Waals surface area contributed by atoms with Gasteiger partial charge in [-0.2, -0.15) is 0 Å². The molecule has 1 unspecified atom stereocenters. The summed E-state index contributed by atoms with van der Waals surface area (Å²) in [7, 11) is 0. The highest BCUT2D eigenvalue weighted by atomic mass is 16.6. The summed E-state index contributed by atoms with van der Waals surface area (Å²) in [5, 5.41) is 0. The number of H-pyrrole nitrogens is 1. The van der Waals surface area contributed by atoms with E-state index in [9.17, 15) is 0 Å². The summed E-state index contributed by atoms with van der Waals surface area (Å²) in [6.45, 7) is 5.67. The Morgan fingerprint density at radius 1 is 1.28 bits per heavy atom. The van der Waals surface area contributed by atoms with Crippen LogP contribution >= 0.6 is 0 Å². The van der Waals surface area contributed by atoms with Crippen LogP contribution in [0.2, 0.25) is 0 Å². The zero-order valence-corrected chi connectivity index (χ0v) is 10.8. The van der Waals surface area contributed by atoms with Crippen molar-refractivity contribution in [3.8, 4) is 11.5 Å². The van der Waals surface area contributed by atoms with Crippen LogP contribution in [-0.2, 0) is 6.42 Å². The molecule has 1 N–H and O–H groups in total. The largest absolute Gasteiger partial charge is 0.486 e. The summed E-state index contributed by atoms with van der Waals surface area (Å²) in [5.41, 5.74) is 1.98. The van der Waals surface area contributed by atoms with Crippen molar-refractivity contribution >= 4 is 11.0 Å². The number of rotatable bonds is 3. The van der Waals surface area contributed by atoms with Gasteiger partial charge in [0.15, 0.2) is 11.5 Å². The molecule has 1 aliphatic rings. The van der Waals surface area contributed by atoms with E-state index in [1.807, 2.05) is 12.1 Å². The average Bonchev–Trinajstić information content (AvgIpc) is 2.76. The molecule has 18 heavy (non-hydrogen) atoms. The Hall–Kier alpha value is -1.71. The second-order valence-corrected chi connectivity index (χ2v) is 4.91. The van der Waals surface area contributed by atoms with Gasteiger partial charge in [-0.15, -0.1) is 0 Å². The number of nitrogens with one attached hydrogen (secondary N) is 1. The van der Waals surface area contributed by atoms with E-state index in [1.54, 1.807) is 0 Å². The van der Waals surface area contributed by atoms with Crippen molar-refractivity contribution in [2.24, 2.45) is 5.92 Å². The van der Waals surface area contributed by atoms with Crippen LogP contribution in [-0.4, -0.2) is 23.2 Å². The fourth-order valence-electron chi connectivity index (χ4n) is 2.17. The van der Waals surface area contributed by atoms with Crippen molar-refractivity contribution in [2.75, 3.05) is 13.2 Å². The Morgan fingerprint density at radius 3 is 2.72 bits per heavy atom. The Morgan fingerprint density at radius 2 is 2.00 bits per heavy atom. The lowest BCUT2D eigenvalue weighted by molar-refractivity contribution is 0.172. The van der Waals surface area contributed by atoms with Gasteiger partial charge in [-0.05, 0) is 5.92 Å². The molecule has 1 aliphatic heterocycles. The lowest BCUT2D eigenvalue weighted by atomic mass is 10.1. The van der Waals surface area contributed by atoms with Crippen molar-refractivity contribution in [2.45, 2.75) is 26.7 Å². The smallest absolute Gasteiger partial charge is 0.163 e. The summed E-state index contributed by atoms with van der Waals surface area (Å²) >= 11 is 0. The summed E-state index contributed by atoms with van der Waals surface area (Å²) in [6.07, 6.45) is 2.15. The molecule has 4 nitrogen and oxygen atoms in total. The highest BCUT2D eigenvalue weighted by Gasteiger charge is 2.15. The van der Waals surface area contributed by atoms with Gasteiger partial charge >= 0.3 is 0 Å². The summed E-state index contributed by atoms with van der Waals surface area (Å²) in [6, 6.07) is 3.94. The summed E-state index contributed by atoms with van der Waals surface area (Å²) in [4.78, 5) is 7.98. The van der Waals surface area contributed by atoms with Gasteiger partial charge < -0.3 is 14.5 Å². The van der Waals surface area contributed by atoms with Crippen molar-refractivity contribution < 1.29 is 9.47 Å². The van der Waals surface area contributed by atoms with E-state index in [0.29, 0.717) is 19.1 Å². The minimum atomic E-state index is 0.614. The van der Waals surface area contributed by atoms with E-state index >= 15 is 0 Å². The first-order valence-electron chi connectivity index (χ1n) is 6.54. The fourth-order valence-corrected chi connectivity index (χ4v) is 2.17. The van der Waals surface area contributed by atoms with Crippen LogP contribution in [0.4, 0.5) is 0 Å². The van der Waals surface area contributed by atoms with Crippen LogP contribution in [0.5, 0.6) is 11.5 Å². The van der Waals surface area contributed by atoms with Crippen LogP contribution < -0.4 is 9.47 Å². The predicted molar refractivity (Wildman–Crippen MR) is 70.2 cm³/mol. The first kappa shape index (κ1) is 11.4. The maximum Gasteiger partial charge on any atom is 0.163 e. The van der Waals surface area contributed by atoms with Gasteiger partial charge in [0.2, 0.25) is 0 Å². The molecule has 0 aliphatic carbocycles. The lowest BCUT2D eigenvalue weighted by Gasteiger charge is -2.17. The molecule has 4 heteroatoms. The van der Waals surface area contributed by atoms with Gasteiger partial charge in [-0.3, -0.25) is 0 Å². The molecule has 1 aromatic carbocycles. The average molecular weight is 246 g/mol. The Labute approximate surface area is 106 Å². The first-order chi connectivity index (χ1) is 8.76. The molecule has 0 spiro atoms. The number of nitrogens with zero attached hydrogens (tertiary/aromatic N) is 1. The third-order valence-electron chi connectivity index (χ3n) is 3.43. The number of imidazole rings is 1. The maximum absolute atomic E-state index is 5.57. The van der Waals surface area contributed by atoms with Crippen molar-refractivity contribution in [1.29, 1.82) is 0 Å². The zero-order valence-electron chi connectivity index (χ0n) is 10.8. The second-order valence-electron chi connectivity index (χ2n) is 4.91. The second kappa shape index (κ2) is 4.52. The molecule has 0 fully saturated rings. The van der Waals surface area contributed by atoms with Crippen LogP contribution in [0.25, 0.3) is 11.0 Å². The Bertz CT molecular complexity index is 519. The topological polar surface area (TPSA) is 47.1 Å². The molecule has 0 bridgehead atoms. The van der Waals surface area contributed by atoms with E-state index in [0.717, 1.165) is 34.8 Å². The molecule has 3 rings (SSSR count). The molecule has 1 aromatic heterocycles. The molecule has 96 valence electrons. The Balaban J connectivity index is 1.96. The van der Waals surface area contributed by atoms with E-state index in [-0.39, 0.29) is 0 Å². The number of aromatic amines is 1. The van der Waals surface area contributed by atoms with E-state index in [4.69, 9.17) is 9.47 Å². The van der Waals surface area contributed by atoms with E-state index in [1.165, 1.54) is 6.42 Å². The van der Waals surface area contributed by atoms with Gasteiger partial charge in [0.25, 0.3) is 0 Å². The van der Waals surface area contributed by atoms with Gasteiger partial charge in [-0.1, -0.05) is 20.3 Å². The number of benzene rings is 1. The van der Waals surface area contributed by atoms with Crippen LogP contribution in [0.15, 0.2) is 12.1 Å². The number of hydrogen-bond donors (Lipinski definition) is 1. The number of hydrogen-bond acceptors (Lipinski definition) is 3. The van der Waals surface area contributed by atoms with Crippen LogP contribution in [0.1, 0.15) is 26.1 Å². The number of fused-ring (bicyclic) bond motifs is 2. The highest BCUT2D eigenvalue weighted by Crippen LogP contribution is 2.33. The number of aromatic nitrogens is 2. The molecule has 2 aromatic rings. The molecular weight excluding hydrogens is 228 g/mol. The summed E-state index contributed by atoms with van der Waals surface area (Å²) in [5.74, 6) is 3.30. The van der Waals surface area contributed by atoms with Gasteiger partial charge in [0.05, 0.1) is 11.0 Å². The minimum absolute atomic E-state index is 0.614. The SMILES string of the molecule is CCC(C)Cc1nc2cc3c(cc2[nH]1)OCCO3. The molecular formula is C14H18N2O2. The molecule has 1 atom stereocenters. The summed E-state index contributed by atoms with van der Waals surface area (Å²) < 4.78 is 11.1. The lowest BCUT2D eigenvalue weighted by Crippen LogP contribution is -2.15. The van der Waals surface area contributed by atoms with Crippen LogP contribution in [0.3, 0.4) is 0 Å². The monoisotopic (exact) mass is 246 g/mol. The van der Waals surface area contributed by atoms with Crippen molar-refractivity contribution in [3.63, 3.8) is 0 Å². The Kier molecular flexibility index (Phi) is 2.86. The standard InChI is InChI=1S/C14H18N2O2/c1-3-9(2)6-14-15-10-7-12-13(8-11(10)16-14)18-5-4-17-12/h7-9H,3-6H2,1-2H3,(H,15,16). The third-order valence-corrected chi connectivity index (χ3v) is 3.43. The fraction of sp³-hybridized carbons (Fsp3) is 0.500. The van der Waals surface area contributed by atoms with E-state index < -0.39 is 0 Å². The van der Waals surface area contributed by atoms with Crippen LogP contribution in [0, 0.1) is 5.92 Å². The molecule has 0 radical (unpaired) electrons. The quantitative estimate of drug-likeness (QED) is 0.905. The predicted octanol–water partition coefficient (Wildman–Crippen LogP) is 2.92. The molecule has 0 saturated carbocycles. The minimum Gasteiger partial charge on any atom is -0.486 e. The first-order valence-corrected chi connectivity index (χ1v) is 6.54. The maximum atomic E-state index is 5.57. The number of ether oxygens (including phenoxy) is 2. The normalized spacial score (nSPS) is 15.9. The van der Waals surface area contributed by atoms with E-state index in [2.05, 4.69) is 23.8 Å². The van der Waals surface area contributed by atoms with Crippen molar-refractivity contribution in [1.82, 2.24) is 9.97 Å². The molecule has 2 heterocycles. The zero-order chi connectivity index (χ0) is 12.5. The highest BCUT2D eigenvalue weighted by molar-refractivity contribution is 5.79. The van der Waals surface area contributed by atoms with Gasteiger partial charge in [0.1, 0.15) is 19.0 Å². The third kappa shape index (κ3) is 2.03. The molecule has 0 saturated heterocycles.